The van der Waals surface area contributed by atoms with Gasteiger partial charge in [0, 0.05) is 17.7 Å². The van der Waals surface area contributed by atoms with E-state index in [0.717, 1.165) is 11.1 Å². The molecule has 1 amide bonds. The molecule has 25 heavy (non-hydrogen) atoms. The fourth-order valence-electron chi connectivity index (χ4n) is 2.64. The van der Waals surface area contributed by atoms with E-state index in [4.69, 9.17) is 0 Å². The Morgan fingerprint density at radius 1 is 1.08 bits per heavy atom. The minimum Gasteiger partial charge on any atom is -0.435 e. The van der Waals surface area contributed by atoms with Crippen LogP contribution in [0.3, 0.4) is 0 Å². The van der Waals surface area contributed by atoms with Crippen LogP contribution >= 0.6 is 0 Å². The third-order valence-electron chi connectivity index (χ3n) is 3.87. The molecule has 0 aliphatic rings. The first-order valence-electron chi connectivity index (χ1n) is 8.23. The van der Waals surface area contributed by atoms with Crippen molar-refractivity contribution in [3.05, 3.63) is 65.7 Å². The van der Waals surface area contributed by atoms with Gasteiger partial charge in [-0.3, -0.25) is 4.79 Å². The summed E-state index contributed by atoms with van der Waals surface area (Å²) in [5, 5.41) is 4.77. The lowest BCUT2D eigenvalue weighted by Gasteiger charge is -2.21. The molecule has 2 aromatic rings. The summed E-state index contributed by atoms with van der Waals surface area (Å²) in [7, 11) is 0. The molecular weight excluding hydrogens is 326 g/mol. The van der Waals surface area contributed by atoms with Gasteiger partial charge in [-0.05, 0) is 38.1 Å². The van der Waals surface area contributed by atoms with Crippen LogP contribution in [0.25, 0.3) is 0 Å². The molecule has 0 aliphatic heterocycles. The summed E-state index contributed by atoms with van der Waals surface area (Å²) < 4.78 is 29.0. The predicted octanol–water partition coefficient (Wildman–Crippen LogP) is 2.47. The Labute approximate surface area is 146 Å². The van der Waals surface area contributed by atoms with Gasteiger partial charge in [0.2, 0.25) is 0 Å². The summed E-state index contributed by atoms with van der Waals surface area (Å²) in [5.41, 5.74) is 1.94. The van der Waals surface area contributed by atoms with Crippen LogP contribution in [-0.4, -0.2) is 25.1 Å². The lowest BCUT2D eigenvalue weighted by atomic mass is 9.97. The molecule has 2 aromatic carbocycles. The first kappa shape index (κ1) is 18.9. The average molecular weight is 349 g/mol. The van der Waals surface area contributed by atoms with Gasteiger partial charge >= 0.3 is 6.61 Å². The molecule has 3 N–H and O–H groups in total. The highest BCUT2D eigenvalue weighted by Gasteiger charge is 2.24. The maximum absolute atomic E-state index is 12.3. The number of alkyl halides is 2. The molecule has 0 aromatic heterocycles. The number of benzene rings is 2. The van der Waals surface area contributed by atoms with Gasteiger partial charge < -0.3 is 15.4 Å². The van der Waals surface area contributed by atoms with E-state index in [1.807, 2.05) is 49.5 Å². The smallest absolute Gasteiger partial charge is 0.387 e. The van der Waals surface area contributed by atoms with E-state index in [0.29, 0.717) is 6.54 Å². The molecular formula is C19H23F2N2O2+. The molecule has 0 fully saturated rings. The number of rotatable bonds is 8. The molecule has 0 unspecified atom stereocenters. The number of nitrogens with one attached hydrogen (secondary N) is 1. The number of likely N-dealkylation sites (N-methyl/N-ethyl adjacent to an activating group) is 1. The fraction of sp³-hybridized carbons (Fsp3) is 0.316. The molecule has 0 bridgehead atoms. The van der Waals surface area contributed by atoms with Crippen LogP contribution in [0.5, 0.6) is 5.75 Å². The van der Waals surface area contributed by atoms with Crippen LogP contribution < -0.4 is 15.4 Å². The number of hydrogen-bond acceptors (Lipinski definition) is 2. The zero-order valence-electron chi connectivity index (χ0n) is 14.3. The summed E-state index contributed by atoms with van der Waals surface area (Å²) in [6.45, 7) is 1.45. The van der Waals surface area contributed by atoms with Crippen molar-refractivity contribution in [2.45, 2.75) is 32.5 Å². The summed E-state index contributed by atoms with van der Waals surface area (Å²) in [6.07, 6.45) is 0. The Morgan fingerprint density at radius 2 is 1.68 bits per heavy atom. The van der Waals surface area contributed by atoms with Gasteiger partial charge in [-0.15, -0.1) is 0 Å². The first-order valence-corrected chi connectivity index (χ1v) is 8.23. The van der Waals surface area contributed by atoms with Gasteiger partial charge in [-0.25, -0.2) is 0 Å². The van der Waals surface area contributed by atoms with Crippen LogP contribution in [0.15, 0.2) is 54.6 Å². The van der Waals surface area contributed by atoms with E-state index in [2.05, 4.69) is 10.1 Å². The SMILES string of the molecule is CCNC(=O)[C@@H](C)[NH2+][C@H](c1ccccc1)c1ccc(OC(F)F)cc1. The average Bonchev–Trinajstić information content (AvgIpc) is 2.61. The first-order chi connectivity index (χ1) is 12.0. The Bertz CT molecular complexity index is 663. The largest absolute Gasteiger partial charge is 0.435 e. The predicted molar refractivity (Wildman–Crippen MR) is 91.4 cm³/mol. The van der Waals surface area contributed by atoms with E-state index in [1.165, 1.54) is 12.1 Å². The Kier molecular flexibility index (Phi) is 6.89. The topological polar surface area (TPSA) is 54.9 Å². The second kappa shape index (κ2) is 9.13. The van der Waals surface area contributed by atoms with Crippen molar-refractivity contribution in [1.82, 2.24) is 5.32 Å². The van der Waals surface area contributed by atoms with Crippen LogP contribution in [0.1, 0.15) is 31.0 Å². The van der Waals surface area contributed by atoms with Gasteiger partial charge in [-0.2, -0.15) is 8.78 Å². The second-order valence-corrected chi connectivity index (χ2v) is 5.71. The Morgan fingerprint density at radius 3 is 2.24 bits per heavy atom. The van der Waals surface area contributed by atoms with Crippen molar-refractivity contribution < 1.29 is 23.6 Å². The van der Waals surface area contributed by atoms with Crippen molar-refractivity contribution >= 4 is 5.91 Å². The summed E-state index contributed by atoms with van der Waals surface area (Å²) in [6, 6.07) is 15.9. The minimum atomic E-state index is -2.85. The van der Waals surface area contributed by atoms with Crippen LogP contribution in [-0.2, 0) is 4.79 Å². The zero-order chi connectivity index (χ0) is 18.2. The number of quaternary nitrogens is 1. The van der Waals surface area contributed by atoms with Gasteiger partial charge in [0.05, 0.1) is 0 Å². The van der Waals surface area contributed by atoms with Gasteiger partial charge in [0.25, 0.3) is 5.91 Å². The van der Waals surface area contributed by atoms with Crippen molar-refractivity contribution in [1.29, 1.82) is 0 Å². The standard InChI is InChI=1S/C19H22F2N2O2/c1-3-22-18(24)13(2)23-17(14-7-5-4-6-8-14)15-9-11-16(12-10-15)25-19(20)21/h4-13,17,19,23H,3H2,1-2H3,(H,22,24)/p+1/t13-,17-/m1/s1. The van der Waals surface area contributed by atoms with Crippen molar-refractivity contribution in [3.8, 4) is 5.75 Å². The zero-order valence-corrected chi connectivity index (χ0v) is 14.3. The van der Waals surface area contributed by atoms with Crippen molar-refractivity contribution in [3.63, 3.8) is 0 Å². The summed E-state index contributed by atoms with van der Waals surface area (Å²) >= 11 is 0. The number of carbonyl (C=O) groups excluding carboxylic acids is 1. The molecule has 134 valence electrons. The van der Waals surface area contributed by atoms with Crippen LogP contribution in [0, 0.1) is 0 Å². The highest BCUT2D eigenvalue weighted by Crippen LogP contribution is 2.22. The molecule has 0 saturated heterocycles. The highest BCUT2D eigenvalue weighted by molar-refractivity contribution is 5.79. The number of ether oxygens (including phenoxy) is 1. The maximum atomic E-state index is 12.3. The molecule has 4 nitrogen and oxygen atoms in total. The number of halogens is 2. The van der Waals surface area contributed by atoms with Crippen molar-refractivity contribution in [2.75, 3.05) is 6.54 Å². The van der Waals surface area contributed by atoms with Crippen LogP contribution in [0.4, 0.5) is 8.78 Å². The molecule has 0 saturated carbocycles. The number of nitrogens with two attached hydrogens (primary N) is 1. The highest BCUT2D eigenvalue weighted by atomic mass is 19.3. The quantitative estimate of drug-likeness (QED) is 0.769. The van der Waals surface area contributed by atoms with Gasteiger partial charge in [-0.1, -0.05) is 30.3 Å². The van der Waals surface area contributed by atoms with Gasteiger partial charge in [0.15, 0.2) is 6.04 Å². The number of hydrogen-bond donors (Lipinski definition) is 2. The van der Waals surface area contributed by atoms with Crippen LogP contribution in [0.2, 0.25) is 0 Å². The van der Waals surface area contributed by atoms with E-state index in [-0.39, 0.29) is 23.7 Å². The van der Waals surface area contributed by atoms with Crippen molar-refractivity contribution in [2.24, 2.45) is 0 Å². The van der Waals surface area contributed by atoms with E-state index < -0.39 is 6.61 Å². The third kappa shape index (κ3) is 5.53. The minimum absolute atomic E-state index is 0.0407. The number of carbonyl (C=O) groups is 1. The summed E-state index contributed by atoms with van der Waals surface area (Å²) in [4.78, 5) is 12.1. The normalized spacial score (nSPS) is 13.3. The fourth-order valence-corrected chi connectivity index (χ4v) is 2.64. The second-order valence-electron chi connectivity index (χ2n) is 5.71. The molecule has 0 aliphatic carbocycles. The molecule has 0 radical (unpaired) electrons. The van der Waals surface area contributed by atoms with E-state index in [1.54, 1.807) is 12.1 Å². The lowest BCUT2D eigenvalue weighted by Crippen LogP contribution is -2.92. The maximum Gasteiger partial charge on any atom is 0.387 e. The Hall–Kier alpha value is -2.47. The third-order valence-corrected chi connectivity index (χ3v) is 3.87. The molecule has 0 spiro atoms. The van der Waals surface area contributed by atoms with Gasteiger partial charge in [0.1, 0.15) is 11.8 Å². The molecule has 2 rings (SSSR count). The van der Waals surface area contributed by atoms with E-state index >= 15 is 0 Å². The summed E-state index contributed by atoms with van der Waals surface area (Å²) in [5.74, 6) is 0.0726. The Balaban J connectivity index is 2.24. The molecule has 6 heteroatoms. The lowest BCUT2D eigenvalue weighted by molar-refractivity contribution is -0.704. The molecule has 0 heterocycles. The molecule has 2 atom stereocenters. The number of amides is 1. The van der Waals surface area contributed by atoms with E-state index in [9.17, 15) is 13.6 Å². The monoisotopic (exact) mass is 349 g/mol.